The van der Waals surface area contributed by atoms with Crippen LogP contribution in [0.3, 0.4) is 0 Å². The summed E-state index contributed by atoms with van der Waals surface area (Å²) in [6.07, 6.45) is 2.90. The molecule has 134 valence electrons. The largest absolute Gasteiger partial charge is 0.383 e. The molecule has 0 saturated carbocycles. The summed E-state index contributed by atoms with van der Waals surface area (Å²) in [5.74, 6) is -0.0269. The normalized spacial score (nSPS) is 20.6. The quantitative estimate of drug-likeness (QED) is 0.533. The van der Waals surface area contributed by atoms with E-state index in [1.54, 1.807) is 4.68 Å². The maximum absolute atomic E-state index is 12.4. The number of amides is 1. The van der Waals surface area contributed by atoms with Crippen LogP contribution in [0.1, 0.15) is 12.5 Å². The number of nitrogens with zero attached hydrogens (tertiary/aromatic N) is 5. The van der Waals surface area contributed by atoms with E-state index in [0.717, 1.165) is 6.08 Å². The summed E-state index contributed by atoms with van der Waals surface area (Å²) in [4.78, 5) is 21.7. The Morgan fingerprint density at radius 1 is 1.56 bits per heavy atom. The van der Waals surface area contributed by atoms with Crippen molar-refractivity contribution in [2.24, 2.45) is 0 Å². The molecule has 0 aliphatic carbocycles. The second-order valence-corrected chi connectivity index (χ2v) is 6.55. The molecule has 3 heterocycles. The number of hydrogen-bond acceptors (Lipinski definition) is 6. The highest BCUT2D eigenvalue weighted by Gasteiger charge is 2.37. The van der Waals surface area contributed by atoms with E-state index in [1.807, 2.05) is 22.6 Å². The average molecular weight is 464 g/mol. The van der Waals surface area contributed by atoms with E-state index >= 15 is 0 Å². The number of hydrogen-bond donors (Lipinski definition) is 1. The monoisotopic (exact) mass is 464 g/mol. The van der Waals surface area contributed by atoms with Crippen LogP contribution in [0.2, 0.25) is 0 Å². The van der Waals surface area contributed by atoms with Crippen molar-refractivity contribution < 1.29 is 18.3 Å². The van der Waals surface area contributed by atoms with Crippen LogP contribution in [-0.2, 0) is 9.53 Å². The summed E-state index contributed by atoms with van der Waals surface area (Å²) in [6.45, 7) is 0.595. The molecular formula is C14H15F2IN6O2. The average Bonchev–Trinajstić information content (AvgIpc) is 3.14. The van der Waals surface area contributed by atoms with Crippen LogP contribution in [0.25, 0.3) is 11.0 Å². The Morgan fingerprint density at radius 3 is 3.00 bits per heavy atom. The third-order valence-corrected chi connectivity index (χ3v) is 4.84. The number of halogens is 3. The van der Waals surface area contributed by atoms with Crippen molar-refractivity contribution in [1.29, 1.82) is 0 Å². The molecule has 1 aliphatic rings. The Kier molecular flexibility index (Phi) is 5.13. The number of anilines is 1. The van der Waals surface area contributed by atoms with Gasteiger partial charge in [-0.1, -0.05) is 6.58 Å². The van der Waals surface area contributed by atoms with Crippen molar-refractivity contribution in [2.75, 3.05) is 18.9 Å². The number of rotatable bonds is 5. The molecule has 1 saturated heterocycles. The molecule has 25 heavy (non-hydrogen) atoms. The summed E-state index contributed by atoms with van der Waals surface area (Å²) < 4.78 is 31.5. The number of fused-ring (bicyclic) bond motifs is 1. The van der Waals surface area contributed by atoms with Crippen LogP contribution in [0.15, 0.2) is 19.0 Å². The Hall–Kier alpha value is -1.89. The Morgan fingerprint density at radius 2 is 2.32 bits per heavy atom. The SMILES string of the molecule is C=CC(=O)N1C[C@@H](n2nc(I)c3c(N)ncnc32)C[C@@H]1COC(F)F. The summed E-state index contributed by atoms with van der Waals surface area (Å²) in [6, 6.07) is -0.740. The van der Waals surface area contributed by atoms with Crippen molar-refractivity contribution in [1.82, 2.24) is 24.6 Å². The highest BCUT2D eigenvalue weighted by atomic mass is 127. The van der Waals surface area contributed by atoms with E-state index in [1.165, 1.54) is 11.2 Å². The topological polar surface area (TPSA) is 99.2 Å². The minimum absolute atomic E-state index is 0.240. The maximum atomic E-state index is 12.4. The minimum atomic E-state index is -2.89. The fraction of sp³-hybridized carbons (Fsp3) is 0.429. The molecule has 3 rings (SSSR count). The number of likely N-dealkylation sites (tertiary alicyclic amines) is 1. The number of nitrogens with two attached hydrogens (primary N) is 1. The molecular weight excluding hydrogens is 449 g/mol. The lowest BCUT2D eigenvalue weighted by molar-refractivity contribution is -0.146. The van der Waals surface area contributed by atoms with Crippen molar-refractivity contribution in [3.63, 3.8) is 0 Å². The van der Waals surface area contributed by atoms with Crippen molar-refractivity contribution in [2.45, 2.75) is 25.1 Å². The summed E-state index contributed by atoms with van der Waals surface area (Å²) in [7, 11) is 0. The number of aromatic nitrogens is 4. The number of nitrogen functional groups attached to an aromatic ring is 1. The highest BCUT2D eigenvalue weighted by Crippen LogP contribution is 2.32. The molecule has 2 N–H and O–H groups in total. The molecule has 2 atom stereocenters. The molecule has 1 amide bonds. The van der Waals surface area contributed by atoms with Gasteiger partial charge in [-0.2, -0.15) is 13.9 Å². The lowest BCUT2D eigenvalue weighted by Gasteiger charge is -2.22. The van der Waals surface area contributed by atoms with Gasteiger partial charge in [0, 0.05) is 6.54 Å². The first-order chi connectivity index (χ1) is 11.9. The minimum Gasteiger partial charge on any atom is -0.383 e. The van der Waals surface area contributed by atoms with Crippen LogP contribution in [0.5, 0.6) is 0 Å². The van der Waals surface area contributed by atoms with Gasteiger partial charge in [0.25, 0.3) is 0 Å². The zero-order valence-electron chi connectivity index (χ0n) is 13.0. The predicted octanol–water partition coefficient (Wildman–Crippen LogP) is 1.58. The second-order valence-electron chi connectivity index (χ2n) is 5.52. The first-order valence-electron chi connectivity index (χ1n) is 7.39. The summed E-state index contributed by atoms with van der Waals surface area (Å²) in [5, 5.41) is 5.09. The maximum Gasteiger partial charge on any atom is 0.345 e. The molecule has 0 spiro atoms. The molecule has 11 heteroatoms. The highest BCUT2D eigenvalue weighted by molar-refractivity contribution is 14.1. The van der Waals surface area contributed by atoms with E-state index in [9.17, 15) is 13.6 Å². The lowest BCUT2D eigenvalue weighted by atomic mass is 10.2. The number of ether oxygens (including phenoxy) is 1. The van der Waals surface area contributed by atoms with E-state index in [2.05, 4.69) is 26.4 Å². The van der Waals surface area contributed by atoms with Gasteiger partial charge in [-0.25, -0.2) is 14.6 Å². The molecule has 8 nitrogen and oxygen atoms in total. The summed E-state index contributed by atoms with van der Waals surface area (Å²) in [5.41, 5.74) is 6.43. The standard InChI is InChI=1S/C14H15F2IN6O2/c1-2-9(24)22-4-7(3-8(22)5-25-14(15)16)23-13-10(11(17)21-23)12(18)19-6-20-13/h2,6-8,14H,1,3-5H2,(H2,18,19,20)/t7-,8+/m0/s1. The third kappa shape index (κ3) is 3.42. The van der Waals surface area contributed by atoms with Crippen LogP contribution < -0.4 is 5.73 Å². The van der Waals surface area contributed by atoms with Gasteiger partial charge in [-0.3, -0.25) is 4.79 Å². The van der Waals surface area contributed by atoms with Gasteiger partial charge < -0.3 is 15.4 Å². The van der Waals surface area contributed by atoms with Gasteiger partial charge in [0.05, 0.1) is 24.1 Å². The lowest BCUT2D eigenvalue weighted by Crippen LogP contribution is -2.37. The fourth-order valence-electron chi connectivity index (χ4n) is 3.01. The number of alkyl halides is 2. The van der Waals surface area contributed by atoms with Crippen molar-refractivity contribution in [3.05, 3.63) is 22.7 Å². The second kappa shape index (κ2) is 7.15. The van der Waals surface area contributed by atoms with Crippen molar-refractivity contribution >= 4 is 45.3 Å². The molecule has 0 unspecified atom stereocenters. The van der Waals surface area contributed by atoms with Gasteiger partial charge >= 0.3 is 6.61 Å². The zero-order valence-corrected chi connectivity index (χ0v) is 15.1. The van der Waals surface area contributed by atoms with Crippen molar-refractivity contribution in [3.8, 4) is 0 Å². The van der Waals surface area contributed by atoms with Crippen LogP contribution in [-0.4, -0.2) is 56.4 Å². The fourth-order valence-corrected chi connectivity index (χ4v) is 3.76. The third-order valence-electron chi connectivity index (χ3n) is 4.09. The Balaban J connectivity index is 1.92. The van der Waals surface area contributed by atoms with Gasteiger partial charge in [0.1, 0.15) is 15.8 Å². The van der Waals surface area contributed by atoms with E-state index < -0.39 is 12.7 Å². The Labute approximate surface area is 155 Å². The van der Waals surface area contributed by atoms with Gasteiger partial charge in [0.2, 0.25) is 5.91 Å². The van der Waals surface area contributed by atoms with E-state index in [0.29, 0.717) is 33.5 Å². The summed E-state index contributed by atoms with van der Waals surface area (Å²) >= 11 is 2.04. The van der Waals surface area contributed by atoms with Crippen LogP contribution in [0.4, 0.5) is 14.6 Å². The smallest absolute Gasteiger partial charge is 0.345 e. The first kappa shape index (κ1) is 17.9. The Bertz CT molecular complexity index is 814. The zero-order chi connectivity index (χ0) is 18.1. The molecule has 2 aromatic rings. The molecule has 1 aliphatic heterocycles. The molecule has 0 bridgehead atoms. The molecule has 1 fully saturated rings. The van der Waals surface area contributed by atoms with Gasteiger partial charge in [-0.15, -0.1) is 0 Å². The molecule has 2 aromatic heterocycles. The van der Waals surface area contributed by atoms with Gasteiger partial charge in [0.15, 0.2) is 5.65 Å². The number of carbonyl (C=O) groups excluding carboxylic acids is 1. The van der Waals surface area contributed by atoms with Crippen LogP contribution in [0, 0.1) is 3.70 Å². The number of carbonyl (C=O) groups is 1. The molecule has 0 radical (unpaired) electrons. The first-order valence-corrected chi connectivity index (χ1v) is 8.47. The van der Waals surface area contributed by atoms with E-state index in [4.69, 9.17) is 5.73 Å². The predicted molar refractivity (Wildman–Crippen MR) is 93.8 cm³/mol. The van der Waals surface area contributed by atoms with Gasteiger partial charge in [-0.05, 0) is 35.1 Å². The van der Waals surface area contributed by atoms with E-state index in [-0.39, 0.29) is 18.6 Å². The van der Waals surface area contributed by atoms with Crippen LogP contribution >= 0.6 is 22.6 Å². The molecule has 0 aromatic carbocycles.